The topological polar surface area (TPSA) is 87.7 Å². The maximum Gasteiger partial charge on any atom is 0.415 e. The number of ether oxygens (including phenoxy) is 1. The Hall–Kier alpha value is -2.87. The molecule has 0 spiro atoms. The third-order valence-corrected chi connectivity index (χ3v) is 4.51. The first-order valence-corrected chi connectivity index (χ1v) is 8.63. The molecule has 2 aromatic rings. The number of hydrogen-bond donors (Lipinski definition) is 2. The molecule has 2 N–H and O–H groups in total. The summed E-state index contributed by atoms with van der Waals surface area (Å²) in [5, 5.41) is 7.91. The summed E-state index contributed by atoms with van der Waals surface area (Å²) in [4.78, 5) is 37.1. The minimum absolute atomic E-state index is 0.136. The van der Waals surface area contributed by atoms with Crippen LogP contribution in [0.3, 0.4) is 0 Å². The number of amides is 3. The second-order valence-electron chi connectivity index (χ2n) is 5.42. The number of hydrogen-bond acceptors (Lipinski definition) is 5. The fourth-order valence-corrected chi connectivity index (χ4v) is 3.10. The summed E-state index contributed by atoms with van der Waals surface area (Å²) in [7, 11) is 0. The molecule has 1 aliphatic rings. The van der Waals surface area contributed by atoms with Gasteiger partial charge < -0.3 is 15.4 Å². The molecular formula is C17H17N3O4S. The molecule has 1 atom stereocenters. The van der Waals surface area contributed by atoms with Crippen LogP contribution in [0.25, 0.3) is 0 Å². The van der Waals surface area contributed by atoms with E-state index < -0.39 is 12.2 Å². The lowest BCUT2D eigenvalue weighted by Crippen LogP contribution is -2.41. The highest BCUT2D eigenvalue weighted by molar-refractivity contribution is 7.14. The molecule has 8 heteroatoms. The van der Waals surface area contributed by atoms with E-state index in [2.05, 4.69) is 10.6 Å². The molecule has 1 fully saturated rings. The van der Waals surface area contributed by atoms with Crippen molar-refractivity contribution in [1.29, 1.82) is 0 Å². The van der Waals surface area contributed by atoms with Crippen molar-refractivity contribution in [3.8, 4) is 0 Å². The first kappa shape index (κ1) is 17.0. The molecule has 130 valence electrons. The largest absolute Gasteiger partial charge is 0.442 e. The molecule has 0 saturated carbocycles. The van der Waals surface area contributed by atoms with Gasteiger partial charge in [-0.15, -0.1) is 11.3 Å². The highest BCUT2D eigenvalue weighted by Gasteiger charge is 2.32. The van der Waals surface area contributed by atoms with Gasteiger partial charge in [-0.1, -0.05) is 18.2 Å². The number of carbonyl (C=O) groups is 3. The van der Waals surface area contributed by atoms with Gasteiger partial charge in [0.25, 0.3) is 5.91 Å². The predicted octanol–water partition coefficient (Wildman–Crippen LogP) is 1.62. The maximum absolute atomic E-state index is 11.9. The van der Waals surface area contributed by atoms with Gasteiger partial charge in [0.2, 0.25) is 5.91 Å². The van der Waals surface area contributed by atoms with E-state index in [-0.39, 0.29) is 24.9 Å². The Morgan fingerprint density at radius 1 is 1.16 bits per heavy atom. The van der Waals surface area contributed by atoms with Crippen LogP contribution < -0.4 is 15.5 Å². The molecule has 0 aliphatic carbocycles. The van der Waals surface area contributed by atoms with Crippen molar-refractivity contribution < 1.29 is 19.1 Å². The number of nitrogens with one attached hydrogen (secondary N) is 2. The third-order valence-electron chi connectivity index (χ3n) is 3.62. The van der Waals surface area contributed by atoms with Crippen LogP contribution in [0.4, 0.5) is 9.80 Å². The monoisotopic (exact) mass is 359 g/mol. The molecule has 1 unspecified atom stereocenters. The Morgan fingerprint density at radius 3 is 2.68 bits per heavy atom. The Morgan fingerprint density at radius 2 is 1.96 bits per heavy atom. The van der Waals surface area contributed by atoms with Crippen LogP contribution in [0.2, 0.25) is 0 Å². The second kappa shape index (κ2) is 7.80. The van der Waals surface area contributed by atoms with E-state index in [1.807, 2.05) is 23.6 Å². The maximum atomic E-state index is 11.9. The van der Waals surface area contributed by atoms with Crippen molar-refractivity contribution in [2.45, 2.75) is 6.10 Å². The molecule has 0 radical (unpaired) electrons. The quantitative estimate of drug-likeness (QED) is 0.820. The zero-order valence-corrected chi connectivity index (χ0v) is 14.1. The van der Waals surface area contributed by atoms with Crippen LogP contribution >= 0.6 is 11.3 Å². The fraction of sp³-hybridized carbons (Fsp3) is 0.235. The first-order valence-electron chi connectivity index (χ1n) is 7.75. The molecule has 0 bridgehead atoms. The van der Waals surface area contributed by atoms with E-state index in [9.17, 15) is 14.4 Å². The standard InChI is InChI=1S/C17H17N3O4S/c21-14(10-19-16(22)12-5-2-1-3-6-12)18-9-13-11-20(17(23)24-13)15-7-4-8-25-15/h1-8,13H,9-11H2,(H,18,21)(H,19,22). The Balaban J connectivity index is 1.41. The predicted molar refractivity (Wildman–Crippen MR) is 93.7 cm³/mol. The van der Waals surface area contributed by atoms with Crippen molar-refractivity contribution >= 4 is 34.2 Å². The average molecular weight is 359 g/mol. The molecule has 3 amide bonds. The van der Waals surface area contributed by atoms with Gasteiger partial charge in [0.05, 0.1) is 19.6 Å². The SMILES string of the molecule is O=C(CNC(=O)c1ccccc1)NCC1CN(c2cccs2)C(=O)O1. The van der Waals surface area contributed by atoms with Crippen LogP contribution in [0, 0.1) is 0 Å². The summed E-state index contributed by atoms with van der Waals surface area (Å²) in [6.07, 6.45) is -0.831. The lowest BCUT2D eigenvalue weighted by molar-refractivity contribution is -0.120. The van der Waals surface area contributed by atoms with Gasteiger partial charge in [-0.2, -0.15) is 0 Å². The van der Waals surface area contributed by atoms with Crippen molar-refractivity contribution in [3.63, 3.8) is 0 Å². The lowest BCUT2D eigenvalue weighted by Gasteiger charge is -2.11. The molecule has 25 heavy (non-hydrogen) atoms. The lowest BCUT2D eigenvalue weighted by atomic mass is 10.2. The number of benzene rings is 1. The summed E-state index contributed by atoms with van der Waals surface area (Å²) in [5.41, 5.74) is 0.492. The number of anilines is 1. The molecule has 1 aromatic heterocycles. The summed E-state index contributed by atoms with van der Waals surface area (Å²) in [5.74, 6) is -0.651. The van der Waals surface area contributed by atoms with E-state index in [1.54, 1.807) is 29.2 Å². The van der Waals surface area contributed by atoms with Crippen LogP contribution in [0.15, 0.2) is 47.8 Å². The van der Waals surface area contributed by atoms with Gasteiger partial charge in [-0.25, -0.2) is 4.79 Å². The zero-order valence-electron chi connectivity index (χ0n) is 13.3. The van der Waals surface area contributed by atoms with Gasteiger partial charge >= 0.3 is 6.09 Å². The van der Waals surface area contributed by atoms with Crippen LogP contribution in [-0.4, -0.2) is 43.6 Å². The van der Waals surface area contributed by atoms with Crippen molar-refractivity contribution in [2.24, 2.45) is 0 Å². The van der Waals surface area contributed by atoms with Gasteiger partial charge in [0, 0.05) is 5.56 Å². The summed E-state index contributed by atoms with van der Waals surface area (Å²) >= 11 is 1.45. The number of thiophene rings is 1. The van der Waals surface area contributed by atoms with Gasteiger partial charge in [0.1, 0.15) is 11.1 Å². The highest BCUT2D eigenvalue weighted by atomic mass is 32.1. The number of carbonyl (C=O) groups excluding carboxylic acids is 3. The molecular weight excluding hydrogens is 342 g/mol. The van der Waals surface area contributed by atoms with Crippen molar-refractivity contribution in [1.82, 2.24) is 10.6 Å². The normalized spacial score (nSPS) is 16.4. The van der Waals surface area contributed by atoms with E-state index in [0.29, 0.717) is 12.1 Å². The Bertz CT molecular complexity index is 749. The second-order valence-corrected chi connectivity index (χ2v) is 6.35. The van der Waals surface area contributed by atoms with Crippen LogP contribution in [0.1, 0.15) is 10.4 Å². The average Bonchev–Trinajstić information content (AvgIpc) is 3.28. The van der Waals surface area contributed by atoms with E-state index in [1.165, 1.54) is 11.3 Å². The van der Waals surface area contributed by atoms with Crippen LogP contribution in [-0.2, 0) is 9.53 Å². The smallest absolute Gasteiger partial charge is 0.415 e. The van der Waals surface area contributed by atoms with E-state index in [4.69, 9.17) is 4.74 Å². The van der Waals surface area contributed by atoms with Gasteiger partial charge in [-0.3, -0.25) is 14.5 Å². The zero-order chi connectivity index (χ0) is 17.6. The minimum Gasteiger partial charge on any atom is -0.442 e. The molecule has 3 rings (SSSR count). The number of cyclic esters (lactones) is 1. The Labute approximate surface area is 148 Å². The summed E-state index contributed by atoms with van der Waals surface area (Å²) in [6.45, 7) is 0.451. The van der Waals surface area contributed by atoms with Crippen molar-refractivity contribution in [2.75, 3.05) is 24.5 Å². The number of rotatable bonds is 6. The highest BCUT2D eigenvalue weighted by Crippen LogP contribution is 2.25. The molecule has 1 aromatic carbocycles. The minimum atomic E-state index is -0.418. The van der Waals surface area contributed by atoms with Gasteiger partial charge in [0.15, 0.2) is 0 Å². The molecule has 1 saturated heterocycles. The first-order chi connectivity index (χ1) is 12.1. The van der Waals surface area contributed by atoms with Crippen molar-refractivity contribution in [3.05, 3.63) is 53.4 Å². The number of nitrogens with zero attached hydrogens (tertiary/aromatic N) is 1. The third kappa shape index (κ3) is 4.36. The fourth-order valence-electron chi connectivity index (χ4n) is 2.37. The Kier molecular flexibility index (Phi) is 5.30. The molecule has 7 nitrogen and oxygen atoms in total. The molecule has 1 aliphatic heterocycles. The van der Waals surface area contributed by atoms with E-state index in [0.717, 1.165) is 5.00 Å². The van der Waals surface area contributed by atoms with Gasteiger partial charge in [-0.05, 0) is 29.6 Å². The van der Waals surface area contributed by atoms with E-state index >= 15 is 0 Å². The summed E-state index contributed by atoms with van der Waals surface area (Å²) < 4.78 is 5.23. The van der Waals surface area contributed by atoms with Crippen LogP contribution in [0.5, 0.6) is 0 Å². The summed E-state index contributed by atoms with van der Waals surface area (Å²) in [6, 6.07) is 12.4. The molecule has 2 heterocycles.